The van der Waals surface area contributed by atoms with Crippen LogP contribution in [0, 0.1) is 0 Å². The molecule has 0 amide bonds. The van der Waals surface area contributed by atoms with E-state index in [0.717, 1.165) is 16.7 Å². The molecule has 1 aliphatic carbocycles. The smallest absolute Gasteiger partial charge is 0.176 e. The summed E-state index contributed by atoms with van der Waals surface area (Å²) in [6, 6.07) is 27.5. The van der Waals surface area contributed by atoms with Crippen molar-refractivity contribution in [2.24, 2.45) is 22.9 Å². The highest BCUT2D eigenvalue weighted by Gasteiger charge is 2.50. The van der Waals surface area contributed by atoms with Crippen LogP contribution in [-0.4, -0.2) is 72.7 Å². The predicted octanol–water partition coefficient (Wildman–Crippen LogP) is 1.98. The molecule has 3 aromatic rings. The van der Waals surface area contributed by atoms with Gasteiger partial charge in [0, 0.05) is 18.6 Å². The van der Waals surface area contributed by atoms with Gasteiger partial charge in [0.25, 0.3) is 0 Å². The highest BCUT2D eigenvalue weighted by molar-refractivity contribution is 5.85. The average molecular weight is 629 g/mol. The van der Waals surface area contributed by atoms with Gasteiger partial charge >= 0.3 is 0 Å². The van der Waals surface area contributed by atoms with Crippen molar-refractivity contribution in [1.29, 1.82) is 0 Å². The molecule has 1 heterocycles. The van der Waals surface area contributed by atoms with Gasteiger partial charge in [0.05, 0.1) is 25.9 Å². The molecule has 2 aliphatic rings. The normalized spacial score (nSPS) is 32.1. The second kappa shape index (κ2) is 16.7. The van der Waals surface area contributed by atoms with Crippen molar-refractivity contribution in [3.05, 3.63) is 108 Å². The first kappa shape index (κ1) is 34.4. The Labute approximate surface area is 265 Å². The van der Waals surface area contributed by atoms with E-state index in [-0.39, 0.29) is 19.0 Å². The van der Waals surface area contributed by atoms with Gasteiger partial charge in [0.1, 0.15) is 36.6 Å². The summed E-state index contributed by atoms with van der Waals surface area (Å²) in [6.45, 7) is 1.08. The Balaban J connectivity index is 0.00000442. The molecule has 10 atom stereocenters. The number of halogens is 1. The zero-order valence-corrected chi connectivity index (χ0v) is 25.5. The van der Waals surface area contributed by atoms with Crippen LogP contribution in [-0.2, 0) is 43.5 Å². The summed E-state index contributed by atoms with van der Waals surface area (Å²) >= 11 is 0. The van der Waals surface area contributed by atoms with Crippen LogP contribution in [0.1, 0.15) is 23.1 Å². The molecule has 240 valence electrons. The maximum atomic E-state index is 11.4. The number of hydrogen-bond acceptors (Lipinski definition) is 10. The molecule has 10 nitrogen and oxygen atoms in total. The largest absolute Gasteiger partial charge is 0.388 e. The molecule has 2 fully saturated rings. The van der Waals surface area contributed by atoms with Gasteiger partial charge in [-0.05, 0) is 23.1 Å². The summed E-state index contributed by atoms with van der Waals surface area (Å²) in [5, 5.41) is 11.4. The van der Waals surface area contributed by atoms with E-state index < -0.39 is 61.0 Å². The van der Waals surface area contributed by atoms with E-state index >= 15 is 0 Å². The maximum Gasteiger partial charge on any atom is 0.176 e. The van der Waals surface area contributed by atoms with Crippen LogP contribution < -0.4 is 22.9 Å². The molecule has 0 aromatic heterocycles. The minimum Gasteiger partial charge on any atom is -0.388 e. The Morgan fingerprint density at radius 2 is 1.07 bits per heavy atom. The van der Waals surface area contributed by atoms with Crippen molar-refractivity contribution in [2.45, 2.75) is 87.3 Å². The fourth-order valence-corrected chi connectivity index (χ4v) is 5.78. The van der Waals surface area contributed by atoms with Gasteiger partial charge in [-0.2, -0.15) is 0 Å². The van der Waals surface area contributed by atoms with Crippen LogP contribution in [0.25, 0.3) is 0 Å². The summed E-state index contributed by atoms with van der Waals surface area (Å²) in [7, 11) is 0. The lowest BCUT2D eigenvalue weighted by atomic mass is 9.84. The van der Waals surface area contributed by atoms with Gasteiger partial charge in [-0.25, -0.2) is 0 Å². The van der Waals surface area contributed by atoms with Gasteiger partial charge in [-0.15, -0.1) is 12.4 Å². The topological polar surface area (TPSA) is 170 Å². The third kappa shape index (κ3) is 8.63. The highest BCUT2D eigenvalue weighted by Crippen LogP contribution is 2.31. The summed E-state index contributed by atoms with van der Waals surface area (Å²) in [6.07, 6.45) is -5.00. The molecule has 3 aromatic carbocycles. The second-order valence-corrected chi connectivity index (χ2v) is 11.3. The lowest BCUT2D eigenvalue weighted by molar-refractivity contribution is -0.302. The van der Waals surface area contributed by atoms with Gasteiger partial charge in [-0.3, -0.25) is 0 Å². The number of ether oxygens (including phenoxy) is 5. The average Bonchev–Trinajstić information content (AvgIpc) is 3.03. The fourth-order valence-electron chi connectivity index (χ4n) is 5.78. The van der Waals surface area contributed by atoms with Crippen molar-refractivity contribution >= 4 is 12.4 Å². The van der Waals surface area contributed by atoms with E-state index in [4.69, 9.17) is 46.6 Å². The van der Waals surface area contributed by atoms with Crippen molar-refractivity contribution in [1.82, 2.24) is 0 Å². The molecule has 0 spiro atoms. The first-order valence-electron chi connectivity index (χ1n) is 14.9. The minimum atomic E-state index is -1.11. The zero-order chi connectivity index (χ0) is 30.2. The number of aliphatic hydroxyl groups is 1. The lowest BCUT2D eigenvalue weighted by Gasteiger charge is -2.48. The van der Waals surface area contributed by atoms with Gasteiger partial charge in [0.15, 0.2) is 6.29 Å². The third-order valence-electron chi connectivity index (χ3n) is 8.13. The van der Waals surface area contributed by atoms with Crippen molar-refractivity contribution in [3.8, 4) is 0 Å². The quantitative estimate of drug-likeness (QED) is 0.200. The molecule has 11 heteroatoms. The Bertz CT molecular complexity index is 1230. The molecular formula is C33H45ClN4O6. The Hall–Kier alpha value is -2.45. The Morgan fingerprint density at radius 3 is 1.55 bits per heavy atom. The number of rotatable bonds is 12. The first-order valence-corrected chi connectivity index (χ1v) is 14.9. The van der Waals surface area contributed by atoms with E-state index in [2.05, 4.69) is 0 Å². The number of hydrogen-bond donors (Lipinski definition) is 5. The van der Waals surface area contributed by atoms with E-state index in [1.807, 2.05) is 91.0 Å². The summed E-state index contributed by atoms with van der Waals surface area (Å²) in [5.74, 6) is 0. The minimum absolute atomic E-state index is 0. The molecule has 1 saturated carbocycles. The Kier molecular flexibility index (Phi) is 13.1. The first-order chi connectivity index (χ1) is 20.9. The van der Waals surface area contributed by atoms with E-state index in [0.29, 0.717) is 26.2 Å². The van der Waals surface area contributed by atoms with Gasteiger partial charge in [0.2, 0.25) is 0 Å². The van der Waals surface area contributed by atoms with Gasteiger partial charge in [-0.1, -0.05) is 91.0 Å². The standard InChI is InChI=1S/C33H44N4O6.ClH/c34-17-26-31(40-19-22-12-6-2-7-13-22)32(41-20-23-14-8-3-9-15-23)27(37)33(42-26)43-30-25(36)16-24(35)29(28(30)38)39-18-21-10-4-1-5-11-21;/h1-15,24-33,38H,16-20,34-37H2;1H/t24-,25+,26-,27-,28-,29+,30-,31-,32-,33-;/m1./s1. The predicted molar refractivity (Wildman–Crippen MR) is 169 cm³/mol. The SMILES string of the molecule is Cl.NC[C@H]1O[C@H](O[C@H]2[C@H](O)[C@@H](OCc3ccccc3)[C@H](N)C[C@@H]2N)[C@H](N)[C@@H](OCc2ccccc2)[C@@H]1OCc1ccccc1. The van der Waals surface area contributed by atoms with E-state index in [1.54, 1.807) is 0 Å². The zero-order valence-electron chi connectivity index (χ0n) is 24.7. The van der Waals surface area contributed by atoms with Crippen molar-refractivity contribution in [2.75, 3.05) is 6.54 Å². The van der Waals surface area contributed by atoms with Crippen LogP contribution >= 0.6 is 12.4 Å². The van der Waals surface area contributed by atoms with Crippen LogP contribution in [0.3, 0.4) is 0 Å². The second-order valence-electron chi connectivity index (χ2n) is 11.3. The maximum absolute atomic E-state index is 11.4. The highest BCUT2D eigenvalue weighted by atomic mass is 35.5. The van der Waals surface area contributed by atoms with Crippen LogP contribution in [0.2, 0.25) is 0 Å². The van der Waals surface area contributed by atoms with Crippen molar-refractivity contribution in [3.63, 3.8) is 0 Å². The monoisotopic (exact) mass is 628 g/mol. The Morgan fingerprint density at radius 1 is 0.636 bits per heavy atom. The van der Waals surface area contributed by atoms with Crippen molar-refractivity contribution < 1.29 is 28.8 Å². The molecule has 0 radical (unpaired) electrons. The molecule has 0 unspecified atom stereocenters. The molecule has 9 N–H and O–H groups in total. The summed E-state index contributed by atoms with van der Waals surface area (Å²) in [4.78, 5) is 0. The van der Waals surface area contributed by atoms with E-state index in [9.17, 15) is 5.11 Å². The van der Waals surface area contributed by atoms with Crippen LogP contribution in [0.15, 0.2) is 91.0 Å². The molecule has 1 aliphatic heterocycles. The number of benzene rings is 3. The molecular weight excluding hydrogens is 584 g/mol. The molecule has 1 saturated heterocycles. The number of aliphatic hydroxyl groups excluding tert-OH is 1. The molecule has 44 heavy (non-hydrogen) atoms. The van der Waals surface area contributed by atoms with E-state index in [1.165, 1.54) is 0 Å². The van der Waals surface area contributed by atoms with Crippen LogP contribution in [0.5, 0.6) is 0 Å². The third-order valence-corrected chi connectivity index (χ3v) is 8.13. The fraction of sp³-hybridized carbons (Fsp3) is 0.455. The van der Waals surface area contributed by atoms with Crippen LogP contribution in [0.4, 0.5) is 0 Å². The van der Waals surface area contributed by atoms with Gasteiger partial charge < -0.3 is 51.7 Å². The number of nitrogens with two attached hydrogens (primary N) is 4. The summed E-state index contributed by atoms with van der Waals surface area (Å²) in [5.41, 5.74) is 28.8. The lowest BCUT2D eigenvalue weighted by Crippen LogP contribution is -2.68. The molecule has 5 rings (SSSR count). The summed E-state index contributed by atoms with van der Waals surface area (Å²) < 4.78 is 31.5. The molecule has 0 bridgehead atoms.